The fraction of sp³-hybridized carbons (Fsp3) is 0.667. The SMILES string of the molecule is CCCc1nc(Br)cc(NCC2CCSC2)n1. The van der Waals surface area contributed by atoms with Gasteiger partial charge in [0.15, 0.2) is 0 Å². The molecular formula is C12H18BrN3S. The van der Waals surface area contributed by atoms with E-state index in [-0.39, 0.29) is 0 Å². The second kappa shape index (κ2) is 6.59. The Morgan fingerprint density at radius 1 is 1.53 bits per heavy atom. The quantitative estimate of drug-likeness (QED) is 0.845. The summed E-state index contributed by atoms with van der Waals surface area (Å²) in [4.78, 5) is 8.89. The molecule has 1 atom stereocenters. The summed E-state index contributed by atoms with van der Waals surface area (Å²) in [6.07, 6.45) is 3.34. The monoisotopic (exact) mass is 315 g/mol. The smallest absolute Gasteiger partial charge is 0.132 e. The molecule has 2 rings (SSSR count). The van der Waals surface area contributed by atoms with Gasteiger partial charge in [-0.05, 0) is 46.2 Å². The van der Waals surface area contributed by atoms with Gasteiger partial charge in [-0.3, -0.25) is 0 Å². The van der Waals surface area contributed by atoms with Gasteiger partial charge in [-0.2, -0.15) is 11.8 Å². The van der Waals surface area contributed by atoms with Gasteiger partial charge in [-0.25, -0.2) is 9.97 Å². The van der Waals surface area contributed by atoms with Gasteiger partial charge in [0, 0.05) is 19.0 Å². The van der Waals surface area contributed by atoms with E-state index in [1.165, 1.54) is 17.9 Å². The van der Waals surface area contributed by atoms with Crippen molar-refractivity contribution in [2.45, 2.75) is 26.2 Å². The Morgan fingerprint density at radius 3 is 3.12 bits per heavy atom. The zero-order valence-corrected chi connectivity index (χ0v) is 12.5. The van der Waals surface area contributed by atoms with Gasteiger partial charge in [-0.15, -0.1) is 0 Å². The summed E-state index contributed by atoms with van der Waals surface area (Å²) in [6, 6.07) is 1.96. The van der Waals surface area contributed by atoms with Crippen molar-refractivity contribution in [1.82, 2.24) is 9.97 Å². The van der Waals surface area contributed by atoms with E-state index in [9.17, 15) is 0 Å². The fourth-order valence-corrected chi connectivity index (χ4v) is 3.59. The van der Waals surface area contributed by atoms with Gasteiger partial charge in [0.25, 0.3) is 0 Å². The van der Waals surface area contributed by atoms with Crippen LogP contribution in [0, 0.1) is 5.92 Å². The molecule has 0 spiro atoms. The summed E-state index contributed by atoms with van der Waals surface area (Å²) in [5.41, 5.74) is 0. The molecular weight excluding hydrogens is 298 g/mol. The van der Waals surface area contributed by atoms with E-state index < -0.39 is 0 Å². The van der Waals surface area contributed by atoms with Crippen molar-refractivity contribution >= 4 is 33.5 Å². The van der Waals surface area contributed by atoms with Crippen molar-refractivity contribution in [3.8, 4) is 0 Å². The molecule has 1 saturated heterocycles. The number of aromatic nitrogens is 2. The number of nitrogens with zero attached hydrogens (tertiary/aromatic N) is 2. The molecule has 94 valence electrons. The van der Waals surface area contributed by atoms with Crippen molar-refractivity contribution in [1.29, 1.82) is 0 Å². The second-order valence-electron chi connectivity index (χ2n) is 4.35. The number of hydrogen-bond acceptors (Lipinski definition) is 4. The van der Waals surface area contributed by atoms with E-state index in [2.05, 4.69) is 38.1 Å². The molecule has 1 aliphatic rings. The Balaban J connectivity index is 1.94. The van der Waals surface area contributed by atoms with Crippen LogP contribution in [0.5, 0.6) is 0 Å². The third-order valence-electron chi connectivity index (χ3n) is 2.81. The lowest BCUT2D eigenvalue weighted by Crippen LogP contribution is -2.15. The largest absolute Gasteiger partial charge is 0.370 e. The summed E-state index contributed by atoms with van der Waals surface area (Å²) < 4.78 is 0.874. The van der Waals surface area contributed by atoms with E-state index in [4.69, 9.17) is 0 Å². The maximum Gasteiger partial charge on any atom is 0.132 e. The van der Waals surface area contributed by atoms with Gasteiger partial charge in [-0.1, -0.05) is 6.92 Å². The molecule has 1 aromatic rings. The van der Waals surface area contributed by atoms with E-state index in [0.29, 0.717) is 0 Å². The number of rotatable bonds is 5. The van der Waals surface area contributed by atoms with Crippen LogP contribution < -0.4 is 5.32 Å². The molecule has 0 amide bonds. The molecule has 0 aliphatic carbocycles. The molecule has 0 saturated carbocycles. The Morgan fingerprint density at radius 2 is 2.41 bits per heavy atom. The maximum absolute atomic E-state index is 4.53. The van der Waals surface area contributed by atoms with Crippen molar-refractivity contribution in [2.24, 2.45) is 5.92 Å². The van der Waals surface area contributed by atoms with Crippen molar-refractivity contribution in [2.75, 3.05) is 23.4 Å². The van der Waals surface area contributed by atoms with Crippen LogP contribution in [0.1, 0.15) is 25.6 Å². The first-order chi connectivity index (χ1) is 8.28. The molecule has 17 heavy (non-hydrogen) atoms. The number of nitrogens with one attached hydrogen (secondary N) is 1. The van der Waals surface area contributed by atoms with Crippen LogP contribution >= 0.6 is 27.7 Å². The summed E-state index contributed by atoms with van der Waals surface area (Å²) in [7, 11) is 0. The van der Waals surface area contributed by atoms with Crippen molar-refractivity contribution in [3.63, 3.8) is 0 Å². The van der Waals surface area contributed by atoms with Crippen LogP contribution in [-0.4, -0.2) is 28.0 Å². The Kier molecular flexibility index (Phi) is 5.10. The molecule has 1 aromatic heterocycles. The third-order valence-corrected chi connectivity index (χ3v) is 4.45. The molecule has 1 fully saturated rings. The topological polar surface area (TPSA) is 37.8 Å². The zero-order valence-electron chi connectivity index (χ0n) is 10.1. The first-order valence-electron chi connectivity index (χ1n) is 6.13. The van der Waals surface area contributed by atoms with Gasteiger partial charge in [0.1, 0.15) is 16.2 Å². The minimum absolute atomic E-state index is 0.795. The van der Waals surface area contributed by atoms with Gasteiger partial charge >= 0.3 is 0 Å². The summed E-state index contributed by atoms with van der Waals surface area (Å²) in [5.74, 6) is 5.25. The average molecular weight is 316 g/mol. The molecule has 2 heterocycles. The normalized spacial score (nSPS) is 19.5. The maximum atomic E-state index is 4.53. The van der Waals surface area contributed by atoms with Crippen LogP contribution in [-0.2, 0) is 6.42 Å². The molecule has 0 radical (unpaired) electrons. The van der Waals surface area contributed by atoms with Crippen LogP contribution in [0.4, 0.5) is 5.82 Å². The molecule has 3 nitrogen and oxygen atoms in total. The number of aryl methyl sites for hydroxylation is 1. The molecule has 5 heteroatoms. The number of hydrogen-bond donors (Lipinski definition) is 1. The predicted molar refractivity (Wildman–Crippen MR) is 77.6 cm³/mol. The van der Waals surface area contributed by atoms with E-state index in [0.717, 1.165) is 41.5 Å². The molecule has 1 unspecified atom stereocenters. The minimum Gasteiger partial charge on any atom is -0.370 e. The standard InChI is InChI=1S/C12H18BrN3S/c1-2-3-11-15-10(13)6-12(16-11)14-7-9-4-5-17-8-9/h6,9H,2-5,7-8H2,1H3,(H,14,15,16). The molecule has 0 aromatic carbocycles. The highest BCUT2D eigenvalue weighted by molar-refractivity contribution is 9.10. The average Bonchev–Trinajstić information content (AvgIpc) is 2.79. The molecule has 1 aliphatic heterocycles. The zero-order chi connectivity index (χ0) is 12.1. The van der Waals surface area contributed by atoms with Gasteiger partial charge < -0.3 is 5.32 Å². The van der Waals surface area contributed by atoms with E-state index in [1.54, 1.807) is 0 Å². The van der Waals surface area contributed by atoms with Gasteiger partial charge in [0.2, 0.25) is 0 Å². The van der Waals surface area contributed by atoms with Crippen molar-refractivity contribution < 1.29 is 0 Å². The highest BCUT2D eigenvalue weighted by Crippen LogP contribution is 2.23. The van der Waals surface area contributed by atoms with Crippen molar-refractivity contribution in [3.05, 3.63) is 16.5 Å². The predicted octanol–water partition coefficient (Wildman–Crippen LogP) is 3.36. The molecule has 0 bridgehead atoms. The highest BCUT2D eigenvalue weighted by Gasteiger charge is 2.15. The first-order valence-corrected chi connectivity index (χ1v) is 8.07. The number of thioether (sulfide) groups is 1. The number of anilines is 1. The highest BCUT2D eigenvalue weighted by atomic mass is 79.9. The second-order valence-corrected chi connectivity index (χ2v) is 6.31. The molecule has 1 N–H and O–H groups in total. The summed E-state index contributed by atoms with van der Waals surface area (Å²) in [6.45, 7) is 3.18. The van der Waals surface area contributed by atoms with Gasteiger partial charge in [0.05, 0.1) is 0 Å². The Hall–Kier alpha value is -0.290. The Labute approximate surface area is 115 Å². The van der Waals surface area contributed by atoms with Crippen LogP contribution in [0.25, 0.3) is 0 Å². The minimum atomic E-state index is 0.795. The van der Waals surface area contributed by atoms with E-state index >= 15 is 0 Å². The first kappa shape index (κ1) is 13.1. The third kappa shape index (κ3) is 4.14. The van der Waals surface area contributed by atoms with Crippen LogP contribution in [0.2, 0.25) is 0 Å². The lowest BCUT2D eigenvalue weighted by atomic mass is 10.1. The summed E-state index contributed by atoms with van der Waals surface area (Å²) >= 11 is 5.49. The lowest BCUT2D eigenvalue weighted by molar-refractivity contribution is 0.630. The van der Waals surface area contributed by atoms with E-state index in [1.807, 2.05) is 17.8 Å². The van der Waals surface area contributed by atoms with Crippen LogP contribution in [0.3, 0.4) is 0 Å². The lowest BCUT2D eigenvalue weighted by Gasteiger charge is -2.11. The van der Waals surface area contributed by atoms with Crippen LogP contribution in [0.15, 0.2) is 10.7 Å². The fourth-order valence-electron chi connectivity index (χ4n) is 1.88. The number of halogens is 1. The summed E-state index contributed by atoms with van der Waals surface area (Å²) in [5, 5.41) is 3.43. The Bertz CT molecular complexity index is 367.